The van der Waals surface area contributed by atoms with Gasteiger partial charge in [-0.15, -0.1) is 0 Å². The molecule has 2 aromatic carbocycles. The molecule has 3 rings (SSSR count). The summed E-state index contributed by atoms with van der Waals surface area (Å²) in [5.41, 5.74) is 1.82. The van der Waals surface area contributed by atoms with Crippen LogP contribution in [-0.4, -0.2) is 40.3 Å². The lowest BCUT2D eigenvalue weighted by Gasteiger charge is -2.21. The molecule has 7 heteroatoms. The number of benzene rings is 2. The molecule has 0 aliphatic rings. The first-order chi connectivity index (χ1) is 14.2. The highest BCUT2D eigenvalue weighted by Gasteiger charge is 2.20. The molecular weight excluding hydrogens is 386 g/mol. The molecule has 0 aliphatic heterocycles. The van der Waals surface area contributed by atoms with Crippen LogP contribution in [0.5, 0.6) is 0 Å². The fourth-order valence-electron chi connectivity index (χ4n) is 2.81. The van der Waals surface area contributed by atoms with Gasteiger partial charge in [-0.1, -0.05) is 60.3 Å². The van der Waals surface area contributed by atoms with Crippen molar-refractivity contribution >= 4 is 29.3 Å². The van der Waals surface area contributed by atoms with E-state index in [1.165, 1.54) is 16.7 Å². The highest BCUT2D eigenvalue weighted by Crippen LogP contribution is 2.20. The highest BCUT2D eigenvalue weighted by atomic mass is 32.2. The maximum Gasteiger partial charge on any atom is 0.326 e. The molecule has 0 spiro atoms. The van der Waals surface area contributed by atoms with Gasteiger partial charge in [-0.25, -0.2) is 4.98 Å². The predicted octanol–water partition coefficient (Wildman–Crippen LogP) is 3.62. The van der Waals surface area contributed by atoms with Crippen molar-refractivity contribution in [2.75, 3.05) is 23.8 Å². The van der Waals surface area contributed by atoms with Gasteiger partial charge < -0.3 is 14.2 Å². The summed E-state index contributed by atoms with van der Waals surface area (Å²) in [6, 6.07) is 19.2. The first kappa shape index (κ1) is 20.7. The van der Waals surface area contributed by atoms with Crippen molar-refractivity contribution in [2.45, 2.75) is 18.6 Å². The van der Waals surface area contributed by atoms with Crippen molar-refractivity contribution in [3.8, 4) is 0 Å². The van der Waals surface area contributed by atoms with Crippen LogP contribution in [0.2, 0.25) is 0 Å². The van der Waals surface area contributed by atoms with E-state index in [0.717, 1.165) is 10.7 Å². The molecule has 0 N–H and O–H groups in total. The van der Waals surface area contributed by atoms with Gasteiger partial charge in [-0.2, -0.15) is 0 Å². The third-order valence-corrected chi connectivity index (χ3v) is 5.15. The molecular formula is C22H23N3O3S. The number of thioether (sulfide) groups is 1. The number of esters is 1. The number of carbonyl (C=O) groups is 2. The number of hydrogen-bond acceptors (Lipinski definition) is 5. The van der Waals surface area contributed by atoms with Gasteiger partial charge in [0.15, 0.2) is 5.16 Å². The molecule has 0 aliphatic carbocycles. The minimum atomic E-state index is -0.430. The lowest BCUT2D eigenvalue weighted by atomic mass is 10.2. The second-order valence-electron chi connectivity index (χ2n) is 6.23. The quantitative estimate of drug-likeness (QED) is 0.399. The fraction of sp³-hybridized carbons (Fsp3) is 0.227. The van der Waals surface area contributed by atoms with Gasteiger partial charge in [0.25, 0.3) is 0 Å². The van der Waals surface area contributed by atoms with Gasteiger partial charge >= 0.3 is 5.97 Å². The van der Waals surface area contributed by atoms with E-state index in [9.17, 15) is 9.59 Å². The Morgan fingerprint density at radius 3 is 2.45 bits per heavy atom. The van der Waals surface area contributed by atoms with Crippen LogP contribution in [0.25, 0.3) is 0 Å². The van der Waals surface area contributed by atoms with Crippen LogP contribution in [0.4, 0.5) is 5.69 Å². The third kappa shape index (κ3) is 5.96. The Labute approximate surface area is 174 Å². The number of nitrogens with zero attached hydrogens (tertiary/aromatic N) is 3. The van der Waals surface area contributed by atoms with E-state index in [4.69, 9.17) is 4.74 Å². The summed E-state index contributed by atoms with van der Waals surface area (Å²) in [4.78, 5) is 30.7. The van der Waals surface area contributed by atoms with Crippen LogP contribution in [0.3, 0.4) is 0 Å². The number of imidazole rings is 1. The Morgan fingerprint density at radius 2 is 1.76 bits per heavy atom. The first-order valence-electron chi connectivity index (χ1n) is 9.36. The largest absolute Gasteiger partial charge is 0.465 e. The average molecular weight is 410 g/mol. The van der Waals surface area contributed by atoms with Crippen LogP contribution in [0, 0.1) is 0 Å². The summed E-state index contributed by atoms with van der Waals surface area (Å²) in [5, 5.41) is 0.756. The number of anilines is 1. The van der Waals surface area contributed by atoms with Crippen molar-refractivity contribution in [3.05, 3.63) is 78.6 Å². The zero-order valence-corrected chi connectivity index (χ0v) is 17.0. The Kier molecular flexibility index (Phi) is 7.47. The topological polar surface area (TPSA) is 64.4 Å². The number of amides is 1. The van der Waals surface area contributed by atoms with Crippen molar-refractivity contribution in [1.82, 2.24) is 9.55 Å². The molecule has 0 saturated carbocycles. The molecule has 0 fully saturated rings. The van der Waals surface area contributed by atoms with Crippen LogP contribution in [0.1, 0.15) is 12.5 Å². The second kappa shape index (κ2) is 10.5. The second-order valence-corrected chi connectivity index (χ2v) is 7.17. The summed E-state index contributed by atoms with van der Waals surface area (Å²) in [6.45, 7) is 2.59. The standard InChI is InChI=1S/C22H23N3O3S/c1-2-28-21(27)16-25(19-11-7-4-8-12-19)20(26)17-29-22-23-13-14-24(22)15-18-9-5-3-6-10-18/h3-14H,2,15-17H2,1H3. The number of carbonyl (C=O) groups excluding carboxylic acids is 2. The van der Waals surface area contributed by atoms with Crippen LogP contribution in [-0.2, 0) is 20.9 Å². The number of para-hydroxylation sites is 1. The Balaban J connectivity index is 1.67. The molecule has 1 amide bonds. The zero-order valence-electron chi connectivity index (χ0n) is 16.2. The molecule has 150 valence electrons. The monoisotopic (exact) mass is 409 g/mol. The lowest BCUT2D eigenvalue weighted by Crippen LogP contribution is -2.37. The SMILES string of the molecule is CCOC(=O)CN(C(=O)CSc1nccn1Cc1ccccc1)c1ccccc1. The predicted molar refractivity (Wildman–Crippen MR) is 114 cm³/mol. The van der Waals surface area contributed by atoms with Crippen LogP contribution < -0.4 is 4.90 Å². The maximum absolute atomic E-state index is 12.9. The molecule has 29 heavy (non-hydrogen) atoms. The fourth-order valence-corrected chi connectivity index (χ4v) is 3.64. The molecule has 0 saturated heterocycles. The summed E-state index contributed by atoms with van der Waals surface area (Å²) in [7, 11) is 0. The molecule has 0 unspecified atom stereocenters. The van der Waals surface area contributed by atoms with Crippen molar-refractivity contribution in [3.63, 3.8) is 0 Å². The minimum absolute atomic E-state index is 0.115. The van der Waals surface area contributed by atoms with Gasteiger partial charge in [0.05, 0.1) is 12.4 Å². The van der Waals surface area contributed by atoms with E-state index >= 15 is 0 Å². The van der Waals surface area contributed by atoms with Gasteiger partial charge in [0, 0.05) is 24.6 Å². The number of aromatic nitrogens is 2. The van der Waals surface area contributed by atoms with Gasteiger partial charge in [-0.05, 0) is 24.6 Å². The number of rotatable bonds is 9. The number of hydrogen-bond donors (Lipinski definition) is 0. The van der Waals surface area contributed by atoms with Gasteiger partial charge in [0.1, 0.15) is 6.54 Å². The minimum Gasteiger partial charge on any atom is -0.465 e. The van der Waals surface area contributed by atoms with Crippen LogP contribution >= 0.6 is 11.8 Å². The molecule has 0 atom stereocenters. The Bertz CT molecular complexity index is 929. The smallest absolute Gasteiger partial charge is 0.326 e. The van der Waals surface area contributed by atoms with Crippen molar-refractivity contribution in [2.24, 2.45) is 0 Å². The highest BCUT2D eigenvalue weighted by molar-refractivity contribution is 7.99. The summed E-state index contributed by atoms with van der Waals surface area (Å²) in [5.74, 6) is -0.441. The zero-order chi connectivity index (χ0) is 20.5. The first-order valence-corrected chi connectivity index (χ1v) is 10.3. The van der Waals surface area contributed by atoms with E-state index in [1.54, 1.807) is 25.3 Å². The van der Waals surface area contributed by atoms with E-state index < -0.39 is 5.97 Å². The van der Waals surface area contributed by atoms with E-state index in [-0.39, 0.29) is 24.8 Å². The molecule has 0 radical (unpaired) electrons. The molecule has 3 aromatic rings. The van der Waals surface area contributed by atoms with Crippen LogP contribution in [0.15, 0.2) is 78.2 Å². The lowest BCUT2D eigenvalue weighted by molar-refractivity contribution is -0.142. The third-order valence-electron chi connectivity index (χ3n) is 4.16. The van der Waals surface area contributed by atoms with Crippen molar-refractivity contribution < 1.29 is 14.3 Å². The molecule has 1 heterocycles. The van der Waals surface area contributed by atoms with E-state index in [0.29, 0.717) is 12.2 Å². The summed E-state index contributed by atoms with van der Waals surface area (Å²) < 4.78 is 7.03. The Morgan fingerprint density at radius 1 is 1.07 bits per heavy atom. The van der Waals surface area contributed by atoms with Gasteiger partial charge in [0.2, 0.25) is 5.91 Å². The van der Waals surface area contributed by atoms with E-state index in [1.807, 2.05) is 47.2 Å². The Hall–Kier alpha value is -3.06. The number of ether oxygens (including phenoxy) is 1. The molecule has 0 bridgehead atoms. The van der Waals surface area contributed by atoms with E-state index in [2.05, 4.69) is 17.1 Å². The summed E-state index contributed by atoms with van der Waals surface area (Å²) in [6.07, 6.45) is 3.62. The van der Waals surface area contributed by atoms with Crippen molar-refractivity contribution in [1.29, 1.82) is 0 Å². The maximum atomic E-state index is 12.9. The molecule has 1 aromatic heterocycles. The summed E-state index contributed by atoms with van der Waals surface area (Å²) >= 11 is 1.35. The average Bonchev–Trinajstić information content (AvgIpc) is 3.19. The molecule has 6 nitrogen and oxygen atoms in total. The van der Waals surface area contributed by atoms with Gasteiger partial charge in [-0.3, -0.25) is 9.59 Å². The normalized spacial score (nSPS) is 10.5.